The highest BCUT2D eigenvalue weighted by molar-refractivity contribution is 7.91. The second-order valence-corrected chi connectivity index (χ2v) is 6.47. The van der Waals surface area contributed by atoms with Crippen LogP contribution in [-0.4, -0.2) is 23.6 Å². The van der Waals surface area contributed by atoms with E-state index in [2.05, 4.69) is 19.9 Å². The number of H-pyrrole nitrogens is 1. The summed E-state index contributed by atoms with van der Waals surface area (Å²) in [5.41, 5.74) is 0.749. The molecule has 0 unspecified atom stereocenters. The van der Waals surface area contributed by atoms with Crippen molar-refractivity contribution in [1.29, 1.82) is 0 Å². The fourth-order valence-electron chi connectivity index (χ4n) is 0.987. The number of rotatable bonds is 4. The number of nitrogens with zero attached hydrogens (tertiary/aromatic N) is 2. The number of hydrogen-bond acceptors (Lipinski definition) is 5. The Hall–Kier alpha value is -0.960. The molecule has 0 spiro atoms. The molecule has 0 aliphatic carbocycles. The molecule has 86 valence electrons. The van der Waals surface area contributed by atoms with Crippen molar-refractivity contribution in [2.45, 2.75) is 10.8 Å². The molecule has 0 atom stereocenters. The molecular formula is C7H7ClN4O2S2. The normalized spacial score (nSPS) is 11.8. The van der Waals surface area contributed by atoms with E-state index in [1.54, 1.807) is 12.4 Å². The lowest BCUT2D eigenvalue weighted by molar-refractivity contribution is 0.583. The summed E-state index contributed by atoms with van der Waals surface area (Å²) >= 11 is 6.48. The maximum absolute atomic E-state index is 11.7. The average molecular weight is 279 g/mol. The van der Waals surface area contributed by atoms with Gasteiger partial charge in [-0.05, 0) is 0 Å². The minimum atomic E-state index is -3.54. The third-order valence-corrected chi connectivity index (χ3v) is 4.72. The molecule has 0 bridgehead atoms. The van der Waals surface area contributed by atoms with E-state index in [0.29, 0.717) is 0 Å². The number of nitrogens with one attached hydrogen (secondary N) is 2. The van der Waals surface area contributed by atoms with Crippen LogP contribution in [0.3, 0.4) is 0 Å². The molecule has 0 aromatic carbocycles. The Bertz CT molecular complexity index is 563. The van der Waals surface area contributed by atoms with Crippen molar-refractivity contribution < 1.29 is 8.42 Å². The van der Waals surface area contributed by atoms with E-state index in [0.717, 1.165) is 16.9 Å². The summed E-state index contributed by atoms with van der Waals surface area (Å²) in [6, 6.07) is 0. The maximum Gasteiger partial charge on any atom is 0.252 e. The van der Waals surface area contributed by atoms with Crippen LogP contribution >= 0.6 is 22.9 Å². The van der Waals surface area contributed by atoms with Crippen LogP contribution in [0.4, 0.5) is 0 Å². The smallest absolute Gasteiger partial charge is 0.252 e. The van der Waals surface area contributed by atoms with Crippen molar-refractivity contribution in [3.05, 3.63) is 28.6 Å². The Morgan fingerprint density at radius 1 is 1.50 bits per heavy atom. The summed E-state index contributed by atoms with van der Waals surface area (Å²) in [5.74, 6) is 0. The topological polar surface area (TPSA) is 87.7 Å². The molecule has 2 heterocycles. The van der Waals surface area contributed by atoms with E-state index in [1.807, 2.05) is 0 Å². The number of aromatic amines is 1. The number of thiazole rings is 1. The largest absolute Gasteiger partial charge is 0.285 e. The van der Waals surface area contributed by atoms with Crippen molar-refractivity contribution in [2.24, 2.45) is 0 Å². The van der Waals surface area contributed by atoms with Gasteiger partial charge in [-0.3, -0.25) is 5.10 Å². The maximum atomic E-state index is 11.7. The molecule has 0 radical (unpaired) electrons. The molecule has 16 heavy (non-hydrogen) atoms. The zero-order chi connectivity index (χ0) is 11.6. The monoisotopic (exact) mass is 278 g/mol. The predicted octanol–water partition coefficient (Wildman–Crippen LogP) is 0.998. The van der Waals surface area contributed by atoms with Crippen LogP contribution < -0.4 is 4.72 Å². The SMILES string of the molecule is O=S(=O)(NCc1cn[nH]c1)c1cnc(Cl)s1. The second-order valence-electron chi connectivity index (χ2n) is 2.86. The molecule has 0 aliphatic rings. The summed E-state index contributed by atoms with van der Waals surface area (Å²) in [6.45, 7) is 0.175. The molecule has 9 heteroatoms. The van der Waals surface area contributed by atoms with E-state index < -0.39 is 10.0 Å². The minimum absolute atomic E-state index is 0.0981. The van der Waals surface area contributed by atoms with Gasteiger partial charge in [-0.1, -0.05) is 22.9 Å². The number of hydrogen-bond donors (Lipinski definition) is 2. The van der Waals surface area contributed by atoms with Crippen LogP contribution in [-0.2, 0) is 16.6 Å². The summed E-state index contributed by atoms with van der Waals surface area (Å²) in [6.07, 6.45) is 4.38. The van der Waals surface area contributed by atoms with Crippen molar-refractivity contribution >= 4 is 33.0 Å². The molecule has 0 amide bonds. The predicted molar refractivity (Wildman–Crippen MR) is 59.7 cm³/mol. The molecule has 2 aromatic rings. The molecule has 2 aromatic heterocycles. The van der Waals surface area contributed by atoms with Gasteiger partial charge in [-0.2, -0.15) is 5.10 Å². The summed E-state index contributed by atoms with van der Waals surface area (Å²) in [7, 11) is -3.54. The Balaban J connectivity index is 2.09. The Morgan fingerprint density at radius 2 is 2.31 bits per heavy atom. The Morgan fingerprint density at radius 3 is 2.88 bits per heavy atom. The first kappa shape index (κ1) is 11.5. The molecule has 0 aliphatic heterocycles. The lowest BCUT2D eigenvalue weighted by atomic mass is 10.4. The average Bonchev–Trinajstić information content (AvgIpc) is 2.85. The molecule has 0 saturated carbocycles. The van der Waals surface area contributed by atoms with Gasteiger partial charge in [0.15, 0.2) is 8.68 Å². The lowest BCUT2D eigenvalue weighted by Gasteiger charge is -2.01. The highest BCUT2D eigenvalue weighted by atomic mass is 35.5. The quantitative estimate of drug-likeness (QED) is 0.873. The fraction of sp³-hybridized carbons (Fsp3) is 0.143. The molecule has 6 nitrogen and oxygen atoms in total. The van der Waals surface area contributed by atoms with Crippen molar-refractivity contribution in [3.63, 3.8) is 0 Å². The van der Waals surface area contributed by atoms with Crippen LogP contribution in [0.5, 0.6) is 0 Å². The van der Waals surface area contributed by atoms with Crippen LogP contribution in [0.2, 0.25) is 4.47 Å². The van der Waals surface area contributed by atoms with Crippen molar-refractivity contribution in [3.8, 4) is 0 Å². The van der Waals surface area contributed by atoms with Gasteiger partial charge in [0.1, 0.15) is 0 Å². The van der Waals surface area contributed by atoms with Crippen LogP contribution in [0.25, 0.3) is 0 Å². The Kier molecular flexibility index (Phi) is 3.24. The molecule has 2 rings (SSSR count). The third kappa shape index (κ3) is 2.59. The van der Waals surface area contributed by atoms with E-state index in [9.17, 15) is 8.42 Å². The fourth-order valence-corrected chi connectivity index (χ4v) is 3.34. The summed E-state index contributed by atoms with van der Waals surface area (Å²) in [4.78, 5) is 3.67. The van der Waals surface area contributed by atoms with Gasteiger partial charge in [0.25, 0.3) is 10.0 Å². The van der Waals surface area contributed by atoms with Gasteiger partial charge in [0.2, 0.25) is 0 Å². The van der Waals surface area contributed by atoms with Gasteiger partial charge in [0, 0.05) is 18.3 Å². The summed E-state index contributed by atoms with van der Waals surface area (Å²) < 4.78 is 26.1. The van der Waals surface area contributed by atoms with Crippen molar-refractivity contribution in [1.82, 2.24) is 19.9 Å². The third-order valence-electron chi connectivity index (χ3n) is 1.74. The zero-order valence-corrected chi connectivity index (χ0v) is 10.2. The Labute approximate surface area is 101 Å². The van der Waals surface area contributed by atoms with E-state index in [1.165, 1.54) is 6.20 Å². The number of halogens is 1. The molecular weight excluding hydrogens is 272 g/mol. The van der Waals surface area contributed by atoms with Crippen LogP contribution in [0.1, 0.15) is 5.56 Å². The van der Waals surface area contributed by atoms with Gasteiger partial charge in [0.05, 0.1) is 12.4 Å². The minimum Gasteiger partial charge on any atom is -0.285 e. The van der Waals surface area contributed by atoms with E-state index in [-0.39, 0.29) is 15.2 Å². The van der Waals surface area contributed by atoms with E-state index in [4.69, 9.17) is 11.6 Å². The highest BCUT2D eigenvalue weighted by Gasteiger charge is 2.17. The van der Waals surface area contributed by atoms with Gasteiger partial charge in [-0.15, -0.1) is 0 Å². The van der Waals surface area contributed by atoms with Gasteiger partial charge < -0.3 is 0 Å². The van der Waals surface area contributed by atoms with Crippen LogP contribution in [0, 0.1) is 0 Å². The first-order valence-electron chi connectivity index (χ1n) is 4.16. The molecule has 0 fully saturated rings. The zero-order valence-electron chi connectivity index (χ0n) is 7.84. The first-order chi connectivity index (χ1) is 7.58. The molecule has 0 saturated heterocycles. The van der Waals surface area contributed by atoms with Crippen LogP contribution in [0.15, 0.2) is 22.8 Å². The summed E-state index contributed by atoms with van der Waals surface area (Å²) in [5, 5.41) is 6.30. The number of aromatic nitrogens is 3. The molecule has 2 N–H and O–H groups in total. The number of sulfonamides is 1. The van der Waals surface area contributed by atoms with E-state index >= 15 is 0 Å². The van der Waals surface area contributed by atoms with Gasteiger partial charge in [-0.25, -0.2) is 18.1 Å². The van der Waals surface area contributed by atoms with Crippen molar-refractivity contribution in [2.75, 3.05) is 0 Å². The first-order valence-corrected chi connectivity index (χ1v) is 6.84. The lowest BCUT2D eigenvalue weighted by Crippen LogP contribution is -2.22. The highest BCUT2D eigenvalue weighted by Crippen LogP contribution is 2.22. The second kappa shape index (κ2) is 4.50. The standard InChI is InChI=1S/C7H7ClN4O2S2/c8-7-9-4-6(15-7)16(13,14)12-3-5-1-10-11-2-5/h1-2,4,12H,3H2,(H,10,11). The van der Waals surface area contributed by atoms with Gasteiger partial charge >= 0.3 is 0 Å².